The first kappa shape index (κ1) is 14.4. The smallest absolute Gasteiger partial charge is 0.160 e. The van der Waals surface area contributed by atoms with Gasteiger partial charge in [-0.2, -0.15) is 0 Å². The molecule has 0 amide bonds. The number of benzene rings is 2. The molecule has 100 valence electrons. The van der Waals surface area contributed by atoms with Gasteiger partial charge in [0.05, 0.1) is 0 Å². The highest BCUT2D eigenvalue weighted by molar-refractivity contribution is 7.38. The second kappa shape index (κ2) is 5.57. The van der Waals surface area contributed by atoms with Crippen molar-refractivity contribution in [1.82, 2.24) is 0 Å². The second-order valence-electron chi connectivity index (χ2n) is 4.66. The maximum Gasteiger partial charge on any atom is 0.160 e. The van der Waals surface area contributed by atoms with Gasteiger partial charge in [0.15, 0.2) is 5.15 Å². The molecule has 0 fully saturated rings. The summed E-state index contributed by atoms with van der Waals surface area (Å²) in [6.45, 7) is 3.94. The summed E-state index contributed by atoms with van der Waals surface area (Å²) in [7, 11) is 4.33. The fourth-order valence-corrected chi connectivity index (χ4v) is 2.09. The lowest BCUT2D eigenvalue weighted by Crippen LogP contribution is -2.00. The van der Waals surface area contributed by atoms with E-state index in [9.17, 15) is 4.39 Å². The average Bonchev–Trinajstić information content (AvgIpc) is 2.33. The van der Waals surface area contributed by atoms with Crippen molar-refractivity contribution in [2.45, 2.75) is 19.0 Å². The molecule has 0 bridgehead atoms. The molecule has 2 aromatic carbocycles. The van der Waals surface area contributed by atoms with Crippen LogP contribution in [0.25, 0.3) is 0 Å². The summed E-state index contributed by atoms with van der Waals surface area (Å²) in [5, 5.41) is -1.49. The molecule has 1 nitrogen and oxygen atoms in total. The van der Waals surface area contributed by atoms with E-state index in [1.165, 1.54) is 5.56 Å². The lowest BCUT2D eigenvalue weighted by molar-refractivity contribution is 0.422. The lowest BCUT2D eigenvalue weighted by Gasteiger charge is -2.16. The van der Waals surface area contributed by atoms with Crippen LogP contribution in [0.3, 0.4) is 0 Å². The van der Waals surface area contributed by atoms with Gasteiger partial charge in [0.1, 0.15) is 11.5 Å². The molecule has 0 radical (unpaired) electrons. The summed E-state index contributed by atoms with van der Waals surface area (Å²) < 4.78 is 19.6. The predicted octanol–water partition coefficient (Wildman–Crippen LogP) is 4.93. The van der Waals surface area contributed by atoms with Crippen LogP contribution in [0, 0.1) is 13.8 Å². The van der Waals surface area contributed by atoms with Gasteiger partial charge < -0.3 is 4.74 Å². The lowest BCUT2D eigenvalue weighted by atomic mass is 10.1. The van der Waals surface area contributed by atoms with E-state index in [0.29, 0.717) is 5.56 Å². The van der Waals surface area contributed by atoms with Gasteiger partial charge in [-0.25, -0.2) is 4.39 Å². The van der Waals surface area contributed by atoms with Gasteiger partial charge in [0.2, 0.25) is 0 Å². The summed E-state index contributed by atoms with van der Waals surface area (Å²) in [5.41, 5.74) is 2.69. The van der Waals surface area contributed by atoms with Crippen LogP contribution in [0.1, 0.15) is 16.7 Å². The van der Waals surface area contributed by atoms with Crippen molar-refractivity contribution < 1.29 is 9.13 Å². The highest BCUT2D eigenvalue weighted by atomic mass is 31.1. The quantitative estimate of drug-likeness (QED) is 0.730. The number of ether oxygens (including phenoxy) is 1. The Labute approximate surface area is 118 Å². The number of halogens is 1. The minimum Gasteiger partial charge on any atom is -0.457 e. The van der Waals surface area contributed by atoms with Crippen LogP contribution in [-0.4, -0.2) is 0 Å². The Morgan fingerprint density at radius 1 is 1.00 bits per heavy atom. The number of rotatable bonds is 3. The molecule has 2 rings (SSSR count). The Kier molecular flexibility index (Phi) is 4.23. The average molecular weight is 294 g/mol. The molecule has 0 heterocycles. The third kappa shape index (κ3) is 3.75. The summed E-state index contributed by atoms with van der Waals surface area (Å²) in [6, 6.07) is 13.2. The van der Waals surface area contributed by atoms with Crippen LogP contribution in [0.5, 0.6) is 11.5 Å². The zero-order chi connectivity index (χ0) is 14.0. The van der Waals surface area contributed by atoms with Crippen LogP contribution >= 0.6 is 18.5 Å². The van der Waals surface area contributed by atoms with Crippen molar-refractivity contribution in [2.24, 2.45) is 0 Å². The van der Waals surface area contributed by atoms with Gasteiger partial charge in [-0.15, -0.1) is 0 Å². The minimum absolute atomic E-state index is 0.594. The summed E-state index contributed by atoms with van der Waals surface area (Å²) in [4.78, 5) is 0. The maximum absolute atomic E-state index is 13.8. The van der Waals surface area contributed by atoms with Gasteiger partial charge in [0.25, 0.3) is 0 Å². The zero-order valence-corrected chi connectivity index (χ0v) is 13.3. The van der Waals surface area contributed by atoms with Crippen LogP contribution in [0.4, 0.5) is 4.39 Å². The summed E-state index contributed by atoms with van der Waals surface area (Å²) in [5.74, 6) is 1.52. The van der Waals surface area contributed by atoms with E-state index in [1.807, 2.05) is 38.1 Å². The first-order valence-corrected chi connectivity index (χ1v) is 7.14. The topological polar surface area (TPSA) is 9.23 Å². The van der Waals surface area contributed by atoms with Crippen molar-refractivity contribution >= 4 is 18.5 Å². The third-order valence-electron chi connectivity index (χ3n) is 2.87. The first-order valence-electron chi connectivity index (χ1n) is 5.98. The highest BCUT2D eigenvalue weighted by Crippen LogP contribution is 2.41. The molecule has 0 N–H and O–H groups in total. The molecule has 0 saturated carbocycles. The van der Waals surface area contributed by atoms with Crippen molar-refractivity contribution in [3.8, 4) is 11.5 Å². The fourth-order valence-electron chi connectivity index (χ4n) is 1.74. The van der Waals surface area contributed by atoms with Gasteiger partial charge >= 0.3 is 0 Å². The highest BCUT2D eigenvalue weighted by Gasteiger charge is 2.19. The Balaban J connectivity index is 2.24. The number of alkyl halides is 1. The minimum atomic E-state index is -1.49. The number of hydrogen-bond acceptors (Lipinski definition) is 1. The molecular formula is C15H17FOP2. The van der Waals surface area contributed by atoms with E-state index < -0.39 is 5.15 Å². The van der Waals surface area contributed by atoms with Crippen LogP contribution < -0.4 is 4.74 Å². The Bertz CT molecular complexity index is 574. The molecular weight excluding hydrogens is 277 g/mol. The predicted molar refractivity (Wildman–Crippen MR) is 84.6 cm³/mol. The summed E-state index contributed by atoms with van der Waals surface area (Å²) >= 11 is 0. The molecule has 0 spiro atoms. The maximum atomic E-state index is 13.8. The van der Waals surface area contributed by atoms with E-state index in [-0.39, 0.29) is 0 Å². The molecule has 19 heavy (non-hydrogen) atoms. The van der Waals surface area contributed by atoms with Crippen LogP contribution in [-0.2, 0) is 5.15 Å². The van der Waals surface area contributed by atoms with Crippen molar-refractivity contribution in [2.75, 3.05) is 0 Å². The standard InChI is InChI=1S/C15H17FOP2/c1-10-3-6-13(7-4-10)17-14-8-5-12(9-11(14)2)15(16,18)19/h3-9H,18-19H2,1-2H3. The van der Waals surface area contributed by atoms with Crippen molar-refractivity contribution in [3.63, 3.8) is 0 Å². The van der Waals surface area contributed by atoms with Crippen LogP contribution in [0.2, 0.25) is 0 Å². The molecule has 4 heteroatoms. The largest absolute Gasteiger partial charge is 0.457 e. The summed E-state index contributed by atoms with van der Waals surface area (Å²) in [6.07, 6.45) is 0. The second-order valence-corrected chi connectivity index (χ2v) is 7.01. The third-order valence-corrected chi connectivity index (χ3v) is 3.53. The van der Waals surface area contributed by atoms with Crippen LogP contribution in [0.15, 0.2) is 42.5 Å². The molecule has 0 aromatic heterocycles. The van der Waals surface area contributed by atoms with Gasteiger partial charge in [-0.05, 0) is 49.2 Å². The SMILES string of the molecule is Cc1ccc(Oc2ccc(C(F)(P)P)cc2C)cc1. The van der Waals surface area contributed by atoms with E-state index in [4.69, 9.17) is 4.74 Å². The molecule has 2 atom stereocenters. The Morgan fingerprint density at radius 2 is 1.63 bits per heavy atom. The fraction of sp³-hybridized carbons (Fsp3) is 0.200. The van der Waals surface area contributed by atoms with E-state index in [2.05, 4.69) is 18.5 Å². The van der Waals surface area contributed by atoms with Gasteiger partial charge in [0, 0.05) is 0 Å². The van der Waals surface area contributed by atoms with Crippen molar-refractivity contribution in [3.05, 3.63) is 59.2 Å². The van der Waals surface area contributed by atoms with Crippen molar-refractivity contribution in [1.29, 1.82) is 0 Å². The molecule has 2 aromatic rings. The monoisotopic (exact) mass is 294 g/mol. The molecule has 0 aliphatic heterocycles. The van der Waals surface area contributed by atoms with E-state index in [1.54, 1.807) is 18.2 Å². The molecule has 0 saturated heterocycles. The van der Waals surface area contributed by atoms with Gasteiger partial charge in [-0.1, -0.05) is 42.2 Å². The normalized spacial score (nSPS) is 11.4. The molecule has 2 unspecified atom stereocenters. The molecule has 0 aliphatic carbocycles. The number of hydrogen-bond donors (Lipinski definition) is 0. The zero-order valence-electron chi connectivity index (χ0n) is 11.0. The Morgan fingerprint density at radius 3 is 2.16 bits per heavy atom. The Hall–Kier alpha value is -0.970. The molecule has 0 aliphatic rings. The van der Waals surface area contributed by atoms with E-state index >= 15 is 0 Å². The first-order chi connectivity index (χ1) is 8.86. The van der Waals surface area contributed by atoms with E-state index in [0.717, 1.165) is 17.1 Å². The number of aryl methyl sites for hydroxylation is 2. The van der Waals surface area contributed by atoms with Gasteiger partial charge in [-0.3, -0.25) is 0 Å².